The van der Waals surface area contributed by atoms with Gasteiger partial charge in [-0.25, -0.2) is 0 Å². The van der Waals surface area contributed by atoms with E-state index in [1.807, 2.05) is 0 Å². The van der Waals surface area contributed by atoms with E-state index in [9.17, 15) is 4.79 Å². The highest BCUT2D eigenvalue weighted by atomic mass is 16.1. The minimum Gasteiger partial charge on any atom is -0.368 e. The Hall–Kier alpha value is -0.610. The van der Waals surface area contributed by atoms with Crippen molar-refractivity contribution in [3.05, 3.63) is 0 Å². The molecule has 0 aromatic rings. The molecule has 0 radical (unpaired) electrons. The van der Waals surface area contributed by atoms with Crippen molar-refractivity contribution in [1.29, 1.82) is 0 Å². The van der Waals surface area contributed by atoms with Gasteiger partial charge in [-0.1, -0.05) is 13.3 Å². The Morgan fingerprint density at radius 2 is 2.11 bits per heavy atom. The smallest absolute Gasteiger partial charge is 0.237 e. The monoisotopic (exact) mass is 255 g/mol. The van der Waals surface area contributed by atoms with Gasteiger partial charge >= 0.3 is 0 Å². The molecule has 1 aliphatic rings. The quantitative estimate of drug-likeness (QED) is 0.724. The predicted octanol–water partition coefficient (Wildman–Crippen LogP) is 1.48. The number of nitrogens with two attached hydrogens (primary N) is 2. The number of carbonyl (C=O) groups is 1. The summed E-state index contributed by atoms with van der Waals surface area (Å²) in [4.78, 5) is 14.0. The number of primary amides is 1. The molecule has 0 aromatic heterocycles. The van der Waals surface area contributed by atoms with Gasteiger partial charge < -0.3 is 16.4 Å². The summed E-state index contributed by atoms with van der Waals surface area (Å²) in [6.45, 7) is 8.75. The Kier molecular flexibility index (Phi) is 5.60. The van der Waals surface area contributed by atoms with Crippen molar-refractivity contribution >= 4 is 5.91 Å². The van der Waals surface area contributed by atoms with E-state index >= 15 is 0 Å². The maximum Gasteiger partial charge on any atom is 0.237 e. The first-order chi connectivity index (χ1) is 8.41. The number of rotatable bonds is 7. The molecular formula is C14H29N3O. The van der Waals surface area contributed by atoms with Gasteiger partial charge in [-0.05, 0) is 58.5 Å². The van der Waals surface area contributed by atoms with Gasteiger partial charge in [-0.15, -0.1) is 0 Å². The lowest BCUT2D eigenvalue weighted by Crippen LogP contribution is -2.55. The van der Waals surface area contributed by atoms with Crippen molar-refractivity contribution in [3.8, 4) is 0 Å². The zero-order chi connectivity index (χ0) is 13.8. The summed E-state index contributed by atoms with van der Waals surface area (Å²) in [5, 5.41) is 0. The van der Waals surface area contributed by atoms with E-state index < -0.39 is 5.54 Å². The number of hydrogen-bond donors (Lipinski definition) is 2. The topological polar surface area (TPSA) is 72.3 Å². The average Bonchev–Trinajstić information content (AvgIpc) is 2.67. The van der Waals surface area contributed by atoms with Crippen LogP contribution in [0.15, 0.2) is 0 Å². The van der Waals surface area contributed by atoms with Gasteiger partial charge in [0.15, 0.2) is 0 Å². The highest BCUT2D eigenvalue weighted by molar-refractivity contribution is 5.85. The van der Waals surface area contributed by atoms with Crippen LogP contribution in [0.1, 0.15) is 52.9 Å². The lowest BCUT2D eigenvalue weighted by Gasteiger charge is -2.32. The number of nitrogens with zero attached hydrogens (tertiary/aromatic N) is 1. The Morgan fingerprint density at radius 1 is 1.44 bits per heavy atom. The molecule has 0 aliphatic heterocycles. The fraction of sp³-hybridized carbons (Fsp3) is 0.929. The van der Waals surface area contributed by atoms with Crippen LogP contribution in [0.5, 0.6) is 0 Å². The predicted molar refractivity (Wildman–Crippen MR) is 75.1 cm³/mol. The van der Waals surface area contributed by atoms with Crippen LogP contribution in [0.2, 0.25) is 0 Å². The second kappa shape index (κ2) is 6.53. The summed E-state index contributed by atoms with van der Waals surface area (Å²) < 4.78 is 0. The normalized spacial score (nSPS) is 28.2. The molecule has 4 nitrogen and oxygen atoms in total. The molecule has 0 heterocycles. The van der Waals surface area contributed by atoms with Crippen molar-refractivity contribution in [2.45, 2.75) is 64.5 Å². The van der Waals surface area contributed by atoms with Gasteiger partial charge in [0.2, 0.25) is 5.91 Å². The van der Waals surface area contributed by atoms with Crippen LogP contribution in [0.4, 0.5) is 0 Å². The molecule has 1 amide bonds. The SMILES string of the molecule is CCCN(CCC1CCCC1(N)C(N)=O)C(C)C. The van der Waals surface area contributed by atoms with Crippen LogP contribution in [0, 0.1) is 5.92 Å². The van der Waals surface area contributed by atoms with E-state index in [2.05, 4.69) is 25.7 Å². The Morgan fingerprint density at radius 3 is 2.61 bits per heavy atom. The van der Waals surface area contributed by atoms with Gasteiger partial charge in [0.1, 0.15) is 0 Å². The fourth-order valence-electron chi connectivity index (χ4n) is 3.07. The summed E-state index contributed by atoms with van der Waals surface area (Å²) in [6, 6.07) is 0.548. The van der Waals surface area contributed by atoms with Crippen LogP contribution >= 0.6 is 0 Å². The summed E-state index contributed by atoms with van der Waals surface area (Å²) >= 11 is 0. The molecule has 0 spiro atoms. The highest BCUT2D eigenvalue weighted by Crippen LogP contribution is 2.36. The first-order valence-corrected chi connectivity index (χ1v) is 7.24. The average molecular weight is 255 g/mol. The fourth-order valence-corrected chi connectivity index (χ4v) is 3.07. The van der Waals surface area contributed by atoms with Gasteiger partial charge in [-0.2, -0.15) is 0 Å². The summed E-state index contributed by atoms with van der Waals surface area (Å²) in [5.41, 5.74) is 10.9. The van der Waals surface area contributed by atoms with Crippen molar-refractivity contribution in [2.24, 2.45) is 17.4 Å². The molecule has 4 N–H and O–H groups in total. The van der Waals surface area contributed by atoms with Crippen molar-refractivity contribution < 1.29 is 4.79 Å². The molecule has 1 aliphatic carbocycles. The summed E-state index contributed by atoms with van der Waals surface area (Å²) in [7, 11) is 0. The first-order valence-electron chi connectivity index (χ1n) is 7.24. The molecule has 1 rings (SSSR count). The van der Waals surface area contributed by atoms with Gasteiger partial charge in [-0.3, -0.25) is 4.79 Å². The van der Waals surface area contributed by atoms with E-state index in [0.29, 0.717) is 6.04 Å². The first kappa shape index (κ1) is 15.4. The van der Waals surface area contributed by atoms with Gasteiger partial charge in [0, 0.05) is 6.04 Å². The number of carbonyl (C=O) groups excluding carboxylic acids is 1. The third-order valence-electron chi connectivity index (χ3n) is 4.34. The Balaban J connectivity index is 2.53. The Labute approximate surface area is 111 Å². The molecule has 0 aromatic carbocycles. The van der Waals surface area contributed by atoms with Crippen LogP contribution in [-0.2, 0) is 4.79 Å². The maximum absolute atomic E-state index is 11.5. The highest BCUT2D eigenvalue weighted by Gasteiger charge is 2.44. The Bertz CT molecular complexity index is 280. The van der Waals surface area contributed by atoms with Crippen LogP contribution in [0.25, 0.3) is 0 Å². The molecule has 106 valence electrons. The van der Waals surface area contributed by atoms with E-state index in [1.165, 1.54) is 0 Å². The molecule has 1 saturated carbocycles. The van der Waals surface area contributed by atoms with E-state index in [0.717, 1.165) is 45.2 Å². The maximum atomic E-state index is 11.5. The van der Waals surface area contributed by atoms with Crippen LogP contribution < -0.4 is 11.5 Å². The van der Waals surface area contributed by atoms with Crippen molar-refractivity contribution in [1.82, 2.24) is 4.90 Å². The van der Waals surface area contributed by atoms with Gasteiger partial charge in [0.05, 0.1) is 5.54 Å². The molecule has 18 heavy (non-hydrogen) atoms. The van der Waals surface area contributed by atoms with E-state index in [4.69, 9.17) is 11.5 Å². The number of hydrogen-bond acceptors (Lipinski definition) is 3. The van der Waals surface area contributed by atoms with E-state index in [-0.39, 0.29) is 11.8 Å². The standard InChI is InChI=1S/C14H29N3O/c1-4-9-17(11(2)3)10-7-12-6-5-8-14(12,16)13(15)18/h11-12H,4-10,16H2,1-3H3,(H2,15,18). The molecule has 2 atom stereocenters. The minimum absolute atomic E-state index is 0.258. The third-order valence-corrected chi connectivity index (χ3v) is 4.34. The molecular weight excluding hydrogens is 226 g/mol. The molecule has 4 heteroatoms. The largest absolute Gasteiger partial charge is 0.368 e. The van der Waals surface area contributed by atoms with Crippen LogP contribution in [-0.4, -0.2) is 35.5 Å². The lowest BCUT2D eigenvalue weighted by molar-refractivity contribution is -0.124. The molecule has 1 fully saturated rings. The molecule has 0 bridgehead atoms. The summed E-state index contributed by atoms with van der Waals surface area (Å²) in [5.74, 6) is -0.0651. The minimum atomic E-state index is -0.755. The zero-order valence-electron chi connectivity index (χ0n) is 12.1. The van der Waals surface area contributed by atoms with Crippen molar-refractivity contribution in [2.75, 3.05) is 13.1 Å². The zero-order valence-corrected chi connectivity index (χ0v) is 12.1. The molecule has 0 saturated heterocycles. The number of amides is 1. The van der Waals surface area contributed by atoms with Gasteiger partial charge in [0.25, 0.3) is 0 Å². The second-order valence-corrected chi connectivity index (χ2v) is 5.91. The third kappa shape index (κ3) is 3.45. The molecule has 2 unspecified atom stereocenters. The second-order valence-electron chi connectivity index (χ2n) is 5.91. The summed E-state index contributed by atoms with van der Waals surface area (Å²) in [6.07, 6.45) is 4.96. The lowest BCUT2D eigenvalue weighted by atomic mass is 9.85. The van der Waals surface area contributed by atoms with Crippen molar-refractivity contribution in [3.63, 3.8) is 0 Å². The van der Waals surface area contributed by atoms with Crippen LogP contribution in [0.3, 0.4) is 0 Å². The van der Waals surface area contributed by atoms with E-state index in [1.54, 1.807) is 0 Å².